The molecule has 0 spiro atoms. The minimum absolute atomic E-state index is 0.450. The lowest BCUT2D eigenvalue weighted by Gasteiger charge is -2.09. The van der Waals surface area contributed by atoms with E-state index in [4.69, 9.17) is 5.10 Å². The van der Waals surface area contributed by atoms with Crippen molar-refractivity contribution < 1.29 is 0 Å². The van der Waals surface area contributed by atoms with Gasteiger partial charge in [0.1, 0.15) is 0 Å². The molecular weight excluding hydrogens is 258 g/mol. The molecule has 0 aliphatic carbocycles. The second kappa shape index (κ2) is 4.92. The molecule has 3 aromatic rings. The highest BCUT2D eigenvalue weighted by molar-refractivity contribution is 5.82. The van der Waals surface area contributed by atoms with Crippen LogP contribution in [0.4, 0.5) is 5.69 Å². The first kappa shape index (κ1) is 12.5. The minimum Gasteiger partial charge on any atom is -0.381 e. The number of aryl methyl sites for hydroxylation is 1. The number of nitrogens with one attached hydrogen (secondary N) is 1. The van der Waals surface area contributed by atoms with Gasteiger partial charge in [-0.25, -0.2) is 0 Å². The number of hydrogen-bond donors (Lipinski definition) is 1. The lowest BCUT2D eigenvalue weighted by atomic mass is 10.0. The number of anilines is 1. The summed E-state index contributed by atoms with van der Waals surface area (Å²) in [6.07, 6.45) is 2.06. The summed E-state index contributed by atoms with van der Waals surface area (Å²) in [6, 6.07) is 17.6. The molecule has 0 saturated heterocycles. The van der Waals surface area contributed by atoms with Gasteiger partial charge >= 0.3 is 0 Å². The Morgan fingerprint density at radius 3 is 2.81 bits per heavy atom. The first-order chi connectivity index (χ1) is 10.3. The van der Waals surface area contributed by atoms with Gasteiger partial charge in [-0.2, -0.15) is 5.10 Å². The fourth-order valence-corrected chi connectivity index (χ4v) is 3.32. The smallest absolute Gasteiger partial charge is 0.0723 e. The molecule has 106 valence electrons. The number of hydrogen-bond acceptors (Lipinski definition) is 2. The molecule has 0 radical (unpaired) electrons. The van der Waals surface area contributed by atoms with Gasteiger partial charge < -0.3 is 5.32 Å². The Balaban J connectivity index is 1.64. The summed E-state index contributed by atoms with van der Waals surface area (Å²) in [5.74, 6) is 0. The maximum Gasteiger partial charge on any atom is 0.0723 e. The molecule has 3 heteroatoms. The van der Waals surface area contributed by atoms with Crippen LogP contribution in [0.5, 0.6) is 0 Å². The van der Waals surface area contributed by atoms with Gasteiger partial charge in [0.15, 0.2) is 0 Å². The highest BCUT2D eigenvalue weighted by Gasteiger charge is 2.22. The van der Waals surface area contributed by atoms with Gasteiger partial charge in [0.25, 0.3) is 0 Å². The second-order valence-electron chi connectivity index (χ2n) is 5.69. The Bertz CT molecular complexity index is 763. The molecule has 21 heavy (non-hydrogen) atoms. The van der Waals surface area contributed by atoms with E-state index in [2.05, 4.69) is 65.5 Å². The van der Waals surface area contributed by atoms with E-state index in [1.54, 1.807) is 0 Å². The lowest BCUT2D eigenvalue weighted by molar-refractivity contribution is 0.649. The standard InChI is InChI=1S/C18H19N3/c1-2-21-18-10-6-4-8-15(18)17(20-21)12-14-11-13-7-3-5-9-16(13)19-14/h3-10,14,19H,2,11-12H2,1H3. The summed E-state index contributed by atoms with van der Waals surface area (Å²) in [4.78, 5) is 0. The maximum atomic E-state index is 4.81. The molecule has 1 N–H and O–H groups in total. The number of nitrogens with zero attached hydrogens (tertiary/aromatic N) is 2. The van der Waals surface area contributed by atoms with Gasteiger partial charge in [0.2, 0.25) is 0 Å². The number of aromatic nitrogens is 2. The lowest BCUT2D eigenvalue weighted by Crippen LogP contribution is -2.19. The van der Waals surface area contributed by atoms with E-state index in [1.165, 1.54) is 27.8 Å². The van der Waals surface area contributed by atoms with Gasteiger partial charge in [-0.3, -0.25) is 4.68 Å². The molecule has 0 saturated carbocycles. The van der Waals surface area contributed by atoms with Crippen molar-refractivity contribution in [2.45, 2.75) is 32.4 Å². The zero-order valence-corrected chi connectivity index (χ0v) is 12.2. The Hall–Kier alpha value is -2.29. The molecule has 1 aliphatic heterocycles. The Kier molecular flexibility index (Phi) is 2.92. The van der Waals surface area contributed by atoms with Crippen molar-refractivity contribution in [3.8, 4) is 0 Å². The highest BCUT2D eigenvalue weighted by atomic mass is 15.3. The normalized spacial score (nSPS) is 16.9. The zero-order valence-electron chi connectivity index (χ0n) is 12.2. The van der Waals surface area contributed by atoms with Crippen LogP contribution in [-0.4, -0.2) is 15.8 Å². The first-order valence-electron chi connectivity index (χ1n) is 7.64. The predicted molar refractivity (Wildman–Crippen MR) is 86.7 cm³/mol. The van der Waals surface area contributed by atoms with Crippen LogP contribution >= 0.6 is 0 Å². The van der Waals surface area contributed by atoms with Crippen LogP contribution < -0.4 is 5.32 Å². The van der Waals surface area contributed by atoms with E-state index in [1.807, 2.05) is 0 Å². The number of benzene rings is 2. The molecule has 2 aromatic carbocycles. The van der Waals surface area contributed by atoms with Crippen LogP contribution in [0.1, 0.15) is 18.2 Å². The average molecular weight is 277 g/mol. The zero-order chi connectivity index (χ0) is 14.2. The summed E-state index contributed by atoms with van der Waals surface area (Å²) < 4.78 is 2.10. The molecule has 1 aromatic heterocycles. The highest BCUT2D eigenvalue weighted by Crippen LogP contribution is 2.28. The monoisotopic (exact) mass is 277 g/mol. The summed E-state index contributed by atoms with van der Waals surface area (Å²) in [5.41, 5.74) is 5.15. The van der Waals surface area contributed by atoms with Crippen LogP contribution in [0.2, 0.25) is 0 Å². The Labute approximate surface area is 124 Å². The molecule has 2 heterocycles. The molecule has 1 aliphatic rings. The Morgan fingerprint density at radius 2 is 1.95 bits per heavy atom. The van der Waals surface area contributed by atoms with Crippen LogP contribution in [0, 0.1) is 0 Å². The molecule has 0 bridgehead atoms. The summed E-state index contributed by atoms with van der Waals surface area (Å²) in [5, 5.41) is 9.73. The molecule has 1 atom stereocenters. The van der Waals surface area contributed by atoms with E-state index in [-0.39, 0.29) is 0 Å². The number of fused-ring (bicyclic) bond motifs is 2. The van der Waals surface area contributed by atoms with Crippen LogP contribution in [0.3, 0.4) is 0 Å². The van der Waals surface area contributed by atoms with E-state index in [0.29, 0.717) is 6.04 Å². The van der Waals surface area contributed by atoms with Gasteiger partial charge in [0, 0.05) is 30.1 Å². The van der Waals surface area contributed by atoms with Crippen LogP contribution in [0.15, 0.2) is 48.5 Å². The summed E-state index contributed by atoms with van der Waals surface area (Å²) >= 11 is 0. The quantitative estimate of drug-likeness (QED) is 0.792. The van der Waals surface area contributed by atoms with Crippen LogP contribution in [0.25, 0.3) is 10.9 Å². The second-order valence-corrected chi connectivity index (χ2v) is 5.69. The van der Waals surface area contributed by atoms with Crippen molar-refractivity contribution in [3.63, 3.8) is 0 Å². The fraction of sp³-hybridized carbons (Fsp3) is 0.278. The Morgan fingerprint density at radius 1 is 1.14 bits per heavy atom. The van der Waals surface area contributed by atoms with E-state index in [0.717, 1.165) is 19.4 Å². The first-order valence-corrected chi connectivity index (χ1v) is 7.64. The largest absolute Gasteiger partial charge is 0.381 e. The fourth-order valence-electron chi connectivity index (χ4n) is 3.32. The third-order valence-electron chi connectivity index (χ3n) is 4.32. The van der Waals surface area contributed by atoms with Crippen molar-refractivity contribution in [1.29, 1.82) is 0 Å². The van der Waals surface area contributed by atoms with Gasteiger partial charge in [-0.15, -0.1) is 0 Å². The SMILES string of the molecule is CCn1nc(CC2Cc3ccccc3N2)c2ccccc21. The third-order valence-corrected chi connectivity index (χ3v) is 4.32. The molecule has 0 fully saturated rings. The van der Waals surface area contributed by atoms with Crippen molar-refractivity contribution in [2.75, 3.05) is 5.32 Å². The van der Waals surface area contributed by atoms with Crippen molar-refractivity contribution in [3.05, 3.63) is 59.8 Å². The molecular formula is C18H19N3. The molecule has 4 rings (SSSR count). The van der Waals surface area contributed by atoms with E-state index >= 15 is 0 Å². The van der Waals surface area contributed by atoms with Gasteiger partial charge in [-0.1, -0.05) is 36.4 Å². The predicted octanol–water partition coefficient (Wildman–Crippen LogP) is 3.64. The molecule has 1 unspecified atom stereocenters. The number of rotatable bonds is 3. The topological polar surface area (TPSA) is 29.9 Å². The molecule has 3 nitrogen and oxygen atoms in total. The average Bonchev–Trinajstić information content (AvgIpc) is 3.08. The summed E-state index contributed by atoms with van der Waals surface area (Å²) in [6.45, 7) is 3.06. The van der Waals surface area contributed by atoms with Crippen LogP contribution in [-0.2, 0) is 19.4 Å². The van der Waals surface area contributed by atoms with Crippen molar-refractivity contribution in [1.82, 2.24) is 9.78 Å². The van der Waals surface area contributed by atoms with Gasteiger partial charge in [-0.05, 0) is 31.0 Å². The molecule has 0 amide bonds. The van der Waals surface area contributed by atoms with E-state index in [9.17, 15) is 0 Å². The maximum absolute atomic E-state index is 4.81. The van der Waals surface area contributed by atoms with Crippen molar-refractivity contribution >= 4 is 16.6 Å². The number of para-hydroxylation sites is 2. The van der Waals surface area contributed by atoms with Crippen molar-refractivity contribution in [2.24, 2.45) is 0 Å². The van der Waals surface area contributed by atoms with Gasteiger partial charge in [0.05, 0.1) is 11.2 Å². The minimum atomic E-state index is 0.450. The summed E-state index contributed by atoms with van der Waals surface area (Å²) in [7, 11) is 0. The third kappa shape index (κ3) is 2.09. The van der Waals surface area contributed by atoms with E-state index < -0.39 is 0 Å².